The first-order valence-corrected chi connectivity index (χ1v) is 6.96. The Morgan fingerprint density at radius 2 is 1.90 bits per heavy atom. The summed E-state index contributed by atoms with van der Waals surface area (Å²) >= 11 is 0. The SMILES string of the molecule is CN1C(=O)Cc2c(n(C)c3ccccc23)-c2ncccc21. The summed E-state index contributed by atoms with van der Waals surface area (Å²) in [6.07, 6.45) is 2.19. The zero-order valence-electron chi connectivity index (χ0n) is 12.0. The van der Waals surface area contributed by atoms with Crippen molar-refractivity contribution in [3.8, 4) is 11.4 Å². The quantitative estimate of drug-likeness (QED) is 0.633. The number of carbonyl (C=O) groups is 1. The molecule has 1 aliphatic heterocycles. The van der Waals surface area contributed by atoms with E-state index in [0.29, 0.717) is 6.42 Å². The molecule has 0 saturated carbocycles. The lowest BCUT2D eigenvalue weighted by Gasteiger charge is -2.17. The van der Waals surface area contributed by atoms with Crippen LogP contribution in [0.4, 0.5) is 5.69 Å². The fourth-order valence-corrected chi connectivity index (χ4v) is 3.21. The van der Waals surface area contributed by atoms with Crippen molar-refractivity contribution in [3.05, 3.63) is 48.2 Å². The van der Waals surface area contributed by atoms with Crippen molar-refractivity contribution in [1.29, 1.82) is 0 Å². The summed E-state index contributed by atoms with van der Waals surface area (Å²) in [6.45, 7) is 0. The van der Waals surface area contributed by atoms with Gasteiger partial charge in [-0.05, 0) is 23.8 Å². The number of nitrogens with zero attached hydrogens (tertiary/aromatic N) is 3. The number of hydrogen-bond donors (Lipinski definition) is 0. The number of aryl methyl sites for hydroxylation is 1. The smallest absolute Gasteiger partial charge is 0.231 e. The van der Waals surface area contributed by atoms with Crippen LogP contribution in [0.25, 0.3) is 22.3 Å². The largest absolute Gasteiger partial charge is 0.342 e. The lowest BCUT2D eigenvalue weighted by molar-refractivity contribution is -0.117. The molecule has 104 valence electrons. The van der Waals surface area contributed by atoms with Gasteiger partial charge in [-0.15, -0.1) is 0 Å². The molecule has 4 nitrogen and oxygen atoms in total. The van der Waals surface area contributed by atoms with Gasteiger partial charge in [0, 0.05) is 31.2 Å². The monoisotopic (exact) mass is 277 g/mol. The molecule has 4 heteroatoms. The van der Waals surface area contributed by atoms with Crippen LogP contribution in [0.2, 0.25) is 0 Å². The summed E-state index contributed by atoms with van der Waals surface area (Å²) in [6, 6.07) is 12.0. The summed E-state index contributed by atoms with van der Waals surface area (Å²) in [4.78, 5) is 18.7. The summed E-state index contributed by atoms with van der Waals surface area (Å²) in [5, 5.41) is 1.13. The van der Waals surface area contributed by atoms with Gasteiger partial charge in [-0.2, -0.15) is 0 Å². The fourth-order valence-electron chi connectivity index (χ4n) is 3.21. The molecule has 4 rings (SSSR count). The second-order valence-corrected chi connectivity index (χ2v) is 5.40. The molecular formula is C17H15N3O. The van der Waals surface area contributed by atoms with E-state index in [1.54, 1.807) is 11.1 Å². The van der Waals surface area contributed by atoms with Crippen LogP contribution in [-0.4, -0.2) is 22.5 Å². The van der Waals surface area contributed by atoms with E-state index < -0.39 is 0 Å². The molecule has 0 unspecified atom stereocenters. The zero-order chi connectivity index (χ0) is 14.6. The highest BCUT2D eigenvalue weighted by atomic mass is 16.2. The number of fused-ring (bicyclic) bond motifs is 5. The van der Waals surface area contributed by atoms with Gasteiger partial charge in [0.15, 0.2) is 0 Å². The van der Waals surface area contributed by atoms with E-state index in [1.165, 1.54) is 0 Å². The first kappa shape index (κ1) is 12.1. The number of hydrogen-bond acceptors (Lipinski definition) is 2. The third kappa shape index (κ3) is 1.56. The van der Waals surface area contributed by atoms with Crippen LogP contribution in [0.15, 0.2) is 42.6 Å². The Kier molecular flexibility index (Phi) is 2.42. The molecule has 0 spiro atoms. The maximum Gasteiger partial charge on any atom is 0.231 e. The van der Waals surface area contributed by atoms with Gasteiger partial charge in [-0.3, -0.25) is 9.78 Å². The molecule has 0 saturated heterocycles. The molecule has 21 heavy (non-hydrogen) atoms. The van der Waals surface area contributed by atoms with Crippen molar-refractivity contribution in [3.63, 3.8) is 0 Å². The standard InChI is InChI=1S/C17H15N3O/c1-19-14-8-5-9-18-16(14)17-12(10-15(19)21)11-6-3-4-7-13(11)20(17)2/h3-9H,10H2,1-2H3. The number of aromatic nitrogens is 2. The van der Waals surface area contributed by atoms with Crippen LogP contribution < -0.4 is 4.90 Å². The van der Waals surface area contributed by atoms with Crippen molar-refractivity contribution in [1.82, 2.24) is 9.55 Å². The molecular weight excluding hydrogens is 262 g/mol. The number of pyridine rings is 1. The average molecular weight is 277 g/mol. The van der Waals surface area contributed by atoms with Crippen LogP contribution >= 0.6 is 0 Å². The Morgan fingerprint density at radius 1 is 1.10 bits per heavy atom. The lowest BCUT2D eigenvalue weighted by Crippen LogP contribution is -2.26. The minimum atomic E-state index is 0.0966. The predicted octanol–water partition coefficient (Wildman–Crippen LogP) is 2.76. The highest BCUT2D eigenvalue weighted by Crippen LogP contribution is 2.39. The summed E-state index contributed by atoms with van der Waals surface area (Å²) < 4.78 is 2.14. The minimum absolute atomic E-state index is 0.0966. The van der Waals surface area contributed by atoms with Gasteiger partial charge in [0.2, 0.25) is 5.91 Å². The summed E-state index contributed by atoms with van der Waals surface area (Å²) in [5.41, 5.74) is 5.00. The maximum absolute atomic E-state index is 12.5. The highest BCUT2D eigenvalue weighted by Gasteiger charge is 2.28. The summed E-state index contributed by atoms with van der Waals surface area (Å²) in [7, 11) is 3.85. The van der Waals surface area contributed by atoms with E-state index >= 15 is 0 Å². The van der Waals surface area contributed by atoms with E-state index in [9.17, 15) is 4.79 Å². The van der Waals surface area contributed by atoms with Gasteiger partial charge in [0.05, 0.1) is 17.8 Å². The number of benzene rings is 1. The van der Waals surface area contributed by atoms with Crippen LogP contribution in [0.5, 0.6) is 0 Å². The fraction of sp³-hybridized carbons (Fsp3) is 0.176. The van der Waals surface area contributed by atoms with Crippen molar-refractivity contribution in [2.24, 2.45) is 7.05 Å². The van der Waals surface area contributed by atoms with E-state index in [1.807, 2.05) is 38.4 Å². The molecule has 3 heterocycles. The second-order valence-electron chi connectivity index (χ2n) is 5.40. The third-order valence-electron chi connectivity index (χ3n) is 4.29. The van der Waals surface area contributed by atoms with Gasteiger partial charge in [-0.1, -0.05) is 18.2 Å². The molecule has 1 aromatic carbocycles. The highest BCUT2D eigenvalue weighted by molar-refractivity contribution is 6.05. The maximum atomic E-state index is 12.5. The number of rotatable bonds is 0. The van der Waals surface area contributed by atoms with Crippen LogP contribution in [0.1, 0.15) is 5.56 Å². The average Bonchev–Trinajstić information content (AvgIpc) is 2.73. The normalized spacial score (nSPS) is 14.0. The van der Waals surface area contributed by atoms with Gasteiger partial charge < -0.3 is 9.47 Å². The minimum Gasteiger partial charge on any atom is -0.342 e. The van der Waals surface area contributed by atoms with Gasteiger partial charge in [0.1, 0.15) is 5.69 Å². The van der Waals surface area contributed by atoms with E-state index in [2.05, 4.69) is 21.7 Å². The van der Waals surface area contributed by atoms with Crippen LogP contribution in [0.3, 0.4) is 0 Å². The van der Waals surface area contributed by atoms with Crippen LogP contribution in [0, 0.1) is 0 Å². The topological polar surface area (TPSA) is 38.1 Å². The molecule has 0 atom stereocenters. The molecule has 1 aliphatic rings. The van der Waals surface area contributed by atoms with Gasteiger partial charge >= 0.3 is 0 Å². The molecule has 1 amide bonds. The first-order valence-electron chi connectivity index (χ1n) is 6.96. The second kappa shape index (κ2) is 4.19. The zero-order valence-corrected chi connectivity index (χ0v) is 12.0. The number of carbonyl (C=O) groups excluding carboxylic acids is 1. The van der Waals surface area contributed by atoms with Crippen molar-refractivity contribution >= 4 is 22.5 Å². The van der Waals surface area contributed by atoms with E-state index in [0.717, 1.165) is 33.5 Å². The Bertz CT molecular complexity index is 879. The number of amides is 1. The molecule has 0 aliphatic carbocycles. The Labute approximate surface area is 122 Å². The molecule has 0 N–H and O–H groups in total. The van der Waals surface area contributed by atoms with Crippen molar-refractivity contribution in [2.75, 3.05) is 11.9 Å². The molecule has 0 bridgehead atoms. The predicted molar refractivity (Wildman–Crippen MR) is 83.3 cm³/mol. The number of likely N-dealkylation sites (N-methyl/N-ethyl adjacent to an activating group) is 1. The molecule has 0 fully saturated rings. The third-order valence-corrected chi connectivity index (χ3v) is 4.29. The van der Waals surface area contributed by atoms with Crippen molar-refractivity contribution < 1.29 is 4.79 Å². The van der Waals surface area contributed by atoms with Crippen LogP contribution in [-0.2, 0) is 18.3 Å². The van der Waals surface area contributed by atoms with E-state index in [4.69, 9.17) is 0 Å². The molecule has 3 aromatic rings. The molecule has 0 radical (unpaired) electrons. The number of para-hydroxylation sites is 1. The van der Waals surface area contributed by atoms with Gasteiger partial charge in [0.25, 0.3) is 0 Å². The Morgan fingerprint density at radius 3 is 2.76 bits per heavy atom. The Hall–Kier alpha value is -2.62. The van der Waals surface area contributed by atoms with E-state index in [-0.39, 0.29) is 5.91 Å². The molecule has 2 aromatic heterocycles. The Balaban J connectivity index is 2.17. The summed E-state index contributed by atoms with van der Waals surface area (Å²) in [5.74, 6) is 0.0966. The number of anilines is 1. The lowest BCUT2D eigenvalue weighted by atomic mass is 10.1. The van der Waals surface area contributed by atoms with Crippen molar-refractivity contribution in [2.45, 2.75) is 6.42 Å². The first-order chi connectivity index (χ1) is 10.2. The van der Waals surface area contributed by atoms with Gasteiger partial charge in [-0.25, -0.2) is 0 Å².